The van der Waals surface area contributed by atoms with Gasteiger partial charge in [-0.05, 0) is 46.1 Å². The largest absolute Gasteiger partial charge is 0.381 e. The lowest BCUT2D eigenvalue weighted by atomic mass is 9.88. The predicted molar refractivity (Wildman–Crippen MR) is 118 cm³/mol. The summed E-state index contributed by atoms with van der Waals surface area (Å²) in [6.07, 6.45) is 1.83. The van der Waals surface area contributed by atoms with E-state index in [4.69, 9.17) is 4.74 Å². The quantitative estimate of drug-likeness (QED) is 0.413. The zero-order valence-electron chi connectivity index (χ0n) is 18.5. The summed E-state index contributed by atoms with van der Waals surface area (Å²) in [5, 5.41) is 13.3. The lowest BCUT2D eigenvalue weighted by Crippen LogP contribution is -2.58. The molecule has 2 rings (SSSR count). The normalized spacial score (nSPS) is 18.0. The van der Waals surface area contributed by atoms with Crippen LogP contribution in [0.15, 0.2) is 35.3 Å². The standard InChI is InChI=1S/C22H37N5O2/c1-17(18-9-7-6-8-10-18)26-22(11-13-29-14-12-22)16-25-20(23-5)24-15-19(28)27-21(2,3)4/h6-10,17,26H,11-16H2,1-5H3,(H,27,28)(H2,23,24,25). The van der Waals surface area contributed by atoms with Gasteiger partial charge in [0, 0.05) is 43.9 Å². The van der Waals surface area contributed by atoms with Crippen LogP contribution in [-0.2, 0) is 9.53 Å². The third kappa shape index (κ3) is 8.03. The van der Waals surface area contributed by atoms with Crippen molar-refractivity contribution in [2.75, 3.05) is 33.4 Å². The van der Waals surface area contributed by atoms with E-state index in [1.807, 2.05) is 26.8 Å². The third-order valence-corrected chi connectivity index (χ3v) is 5.02. The minimum Gasteiger partial charge on any atom is -0.381 e. The van der Waals surface area contributed by atoms with Crippen LogP contribution in [-0.4, -0.2) is 56.3 Å². The zero-order chi connectivity index (χ0) is 21.3. The number of carbonyl (C=O) groups is 1. The van der Waals surface area contributed by atoms with Crippen LogP contribution in [0.25, 0.3) is 0 Å². The van der Waals surface area contributed by atoms with Gasteiger partial charge in [-0.15, -0.1) is 0 Å². The van der Waals surface area contributed by atoms with Crippen molar-refractivity contribution in [1.29, 1.82) is 0 Å². The molecule has 1 atom stereocenters. The fraction of sp³-hybridized carbons (Fsp3) is 0.636. The molecule has 0 radical (unpaired) electrons. The number of guanidine groups is 1. The van der Waals surface area contributed by atoms with Crippen LogP contribution in [0.1, 0.15) is 52.1 Å². The van der Waals surface area contributed by atoms with Gasteiger partial charge in [0.25, 0.3) is 0 Å². The highest BCUT2D eigenvalue weighted by Gasteiger charge is 2.34. The summed E-state index contributed by atoms with van der Waals surface area (Å²) in [7, 11) is 1.72. The van der Waals surface area contributed by atoms with Gasteiger partial charge >= 0.3 is 0 Å². The minimum atomic E-state index is -0.251. The van der Waals surface area contributed by atoms with Crippen LogP contribution in [0.5, 0.6) is 0 Å². The molecule has 7 nitrogen and oxygen atoms in total. The van der Waals surface area contributed by atoms with Crippen LogP contribution in [0.2, 0.25) is 0 Å². The van der Waals surface area contributed by atoms with E-state index in [1.54, 1.807) is 7.05 Å². The van der Waals surface area contributed by atoms with E-state index in [0.29, 0.717) is 12.5 Å². The molecule has 162 valence electrons. The highest BCUT2D eigenvalue weighted by Crippen LogP contribution is 2.25. The average Bonchev–Trinajstić information content (AvgIpc) is 2.68. The Balaban J connectivity index is 1.94. The molecule has 1 aromatic rings. The molecular formula is C22H37N5O2. The third-order valence-electron chi connectivity index (χ3n) is 5.02. The first kappa shape index (κ1) is 23.2. The van der Waals surface area contributed by atoms with E-state index in [2.05, 4.69) is 57.4 Å². The Morgan fingerprint density at radius 2 is 1.83 bits per heavy atom. The molecular weight excluding hydrogens is 366 g/mol. The number of aliphatic imine (C=N–C) groups is 1. The van der Waals surface area contributed by atoms with Gasteiger partial charge in [0.2, 0.25) is 5.91 Å². The second kappa shape index (κ2) is 10.6. The molecule has 29 heavy (non-hydrogen) atoms. The molecule has 7 heteroatoms. The topological polar surface area (TPSA) is 86.8 Å². The van der Waals surface area contributed by atoms with Crippen molar-refractivity contribution in [3.8, 4) is 0 Å². The highest BCUT2D eigenvalue weighted by molar-refractivity contribution is 5.86. The Kier molecular flexibility index (Phi) is 8.46. The minimum absolute atomic E-state index is 0.0583. The first-order valence-electron chi connectivity index (χ1n) is 10.4. The van der Waals surface area contributed by atoms with Gasteiger partial charge in [0.1, 0.15) is 0 Å². The van der Waals surface area contributed by atoms with Crippen LogP contribution in [0, 0.1) is 0 Å². The molecule has 0 aliphatic carbocycles. The molecule has 1 aliphatic rings. The van der Waals surface area contributed by atoms with Crippen LogP contribution in [0.3, 0.4) is 0 Å². The summed E-state index contributed by atoms with van der Waals surface area (Å²) < 4.78 is 5.60. The Hall–Kier alpha value is -2.12. The van der Waals surface area contributed by atoms with Gasteiger partial charge in [-0.3, -0.25) is 9.79 Å². The zero-order valence-corrected chi connectivity index (χ0v) is 18.5. The summed E-state index contributed by atoms with van der Waals surface area (Å²) in [5.41, 5.74) is 0.915. The maximum atomic E-state index is 12.1. The first-order chi connectivity index (χ1) is 13.7. The van der Waals surface area contributed by atoms with Gasteiger partial charge in [0.15, 0.2) is 5.96 Å². The number of carbonyl (C=O) groups excluding carboxylic acids is 1. The van der Waals surface area contributed by atoms with Gasteiger partial charge in [-0.2, -0.15) is 0 Å². The molecule has 0 saturated carbocycles. The van der Waals surface area contributed by atoms with Gasteiger partial charge < -0.3 is 26.0 Å². The summed E-state index contributed by atoms with van der Waals surface area (Å²) in [6.45, 7) is 10.4. The lowest BCUT2D eigenvalue weighted by Gasteiger charge is -2.41. The molecule has 1 saturated heterocycles. The number of ether oxygens (including phenoxy) is 1. The Labute approximate surface area is 175 Å². The molecule has 0 aromatic heterocycles. The van der Waals surface area contributed by atoms with Gasteiger partial charge in [-0.25, -0.2) is 0 Å². The fourth-order valence-electron chi connectivity index (χ4n) is 3.52. The van der Waals surface area contributed by atoms with Crippen molar-refractivity contribution >= 4 is 11.9 Å². The fourth-order valence-corrected chi connectivity index (χ4v) is 3.52. The van der Waals surface area contributed by atoms with Gasteiger partial charge in [0.05, 0.1) is 6.54 Å². The number of amides is 1. The number of benzene rings is 1. The van der Waals surface area contributed by atoms with E-state index in [9.17, 15) is 4.79 Å². The van der Waals surface area contributed by atoms with Crippen molar-refractivity contribution in [2.45, 2.75) is 57.7 Å². The molecule has 1 fully saturated rings. The van der Waals surface area contributed by atoms with E-state index < -0.39 is 0 Å². The van der Waals surface area contributed by atoms with E-state index in [0.717, 1.165) is 26.1 Å². The van der Waals surface area contributed by atoms with Crippen LogP contribution < -0.4 is 21.3 Å². The monoisotopic (exact) mass is 403 g/mol. The summed E-state index contributed by atoms with van der Waals surface area (Å²) in [4.78, 5) is 16.3. The average molecular weight is 404 g/mol. The van der Waals surface area contributed by atoms with Gasteiger partial charge in [-0.1, -0.05) is 30.3 Å². The van der Waals surface area contributed by atoms with Crippen molar-refractivity contribution in [3.63, 3.8) is 0 Å². The summed E-state index contributed by atoms with van der Waals surface area (Å²) in [5.74, 6) is 0.561. The lowest BCUT2D eigenvalue weighted by molar-refractivity contribution is -0.121. The maximum absolute atomic E-state index is 12.1. The Bertz CT molecular complexity index is 664. The van der Waals surface area contributed by atoms with E-state index >= 15 is 0 Å². The van der Waals surface area contributed by atoms with Crippen molar-refractivity contribution in [1.82, 2.24) is 21.3 Å². The molecule has 1 aliphatic heterocycles. The number of nitrogens with one attached hydrogen (secondary N) is 4. The Morgan fingerprint density at radius 1 is 1.17 bits per heavy atom. The molecule has 0 spiro atoms. The van der Waals surface area contributed by atoms with Crippen molar-refractivity contribution in [3.05, 3.63) is 35.9 Å². The molecule has 0 bridgehead atoms. The smallest absolute Gasteiger partial charge is 0.239 e. The first-order valence-corrected chi connectivity index (χ1v) is 10.4. The molecule has 1 amide bonds. The van der Waals surface area contributed by atoms with Crippen molar-refractivity contribution < 1.29 is 9.53 Å². The predicted octanol–water partition coefficient (Wildman–Crippen LogP) is 1.97. The second-order valence-electron chi connectivity index (χ2n) is 8.75. The maximum Gasteiger partial charge on any atom is 0.239 e. The molecule has 1 unspecified atom stereocenters. The van der Waals surface area contributed by atoms with Crippen molar-refractivity contribution in [2.24, 2.45) is 4.99 Å². The van der Waals surface area contributed by atoms with E-state index in [-0.39, 0.29) is 29.6 Å². The number of nitrogens with zero attached hydrogens (tertiary/aromatic N) is 1. The summed E-state index contributed by atoms with van der Waals surface area (Å²) >= 11 is 0. The number of hydrogen-bond donors (Lipinski definition) is 4. The van der Waals surface area contributed by atoms with Crippen LogP contribution >= 0.6 is 0 Å². The number of rotatable bonds is 7. The second-order valence-corrected chi connectivity index (χ2v) is 8.75. The molecule has 1 aromatic carbocycles. The number of hydrogen-bond acceptors (Lipinski definition) is 4. The van der Waals surface area contributed by atoms with Crippen LogP contribution in [0.4, 0.5) is 0 Å². The molecule has 1 heterocycles. The Morgan fingerprint density at radius 3 is 2.41 bits per heavy atom. The van der Waals surface area contributed by atoms with E-state index in [1.165, 1.54) is 5.56 Å². The SMILES string of the molecule is CN=C(NCC(=O)NC(C)(C)C)NCC1(NC(C)c2ccccc2)CCOCC1. The highest BCUT2D eigenvalue weighted by atomic mass is 16.5. The summed E-state index contributed by atoms with van der Waals surface area (Å²) in [6, 6.07) is 10.7. The molecule has 4 N–H and O–H groups in total.